The van der Waals surface area contributed by atoms with Crippen LogP contribution in [0, 0.1) is 5.41 Å². The topological polar surface area (TPSA) is 98.9 Å². The van der Waals surface area contributed by atoms with Crippen LogP contribution in [0.4, 0.5) is 0 Å². The van der Waals surface area contributed by atoms with E-state index in [4.69, 9.17) is 11.1 Å². The van der Waals surface area contributed by atoms with Crippen LogP contribution in [0.25, 0.3) is 11.0 Å². The van der Waals surface area contributed by atoms with Crippen LogP contribution in [0.5, 0.6) is 0 Å². The van der Waals surface area contributed by atoms with E-state index >= 15 is 0 Å². The van der Waals surface area contributed by atoms with Gasteiger partial charge in [-0.25, -0.2) is 4.98 Å². The minimum Gasteiger partial charge on any atom is -0.370 e. The molecule has 1 aromatic carbocycles. The molecular formula is C15H21N5O. The number of hydrogen-bond acceptors (Lipinski definition) is 3. The second-order valence-electron chi connectivity index (χ2n) is 5.04. The smallest absolute Gasteiger partial charge is 0.260 e. The number of fused-ring (bicyclic) bond motifs is 1. The van der Waals surface area contributed by atoms with Crippen molar-refractivity contribution in [2.45, 2.75) is 32.6 Å². The molecule has 0 radical (unpaired) electrons. The molecule has 112 valence electrons. The third-order valence-electron chi connectivity index (χ3n) is 3.44. The number of carbonyl (C=O) groups excluding carboxylic acids is 1. The van der Waals surface area contributed by atoms with Crippen LogP contribution in [0.1, 0.15) is 43.0 Å². The van der Waals surface area contributed by atoms with Crippen LogP contribution in [-0.4, -0.2) is 33.3 Å². The number of rotatable bonds is 6. The summed E-state index contributed by atoms with van der Waals surface area (Å²) in [5, 5.41) is 7.61. The van der Waals surface area contributed by atoms with E-state index in [1.807, 2.05) is 0 Å². The van der Waals surface area contributed by atoms with Crippen molar-refractivity contribution in [1.82, 2.24) is 14.9 Å². The minimum atomic E-state index is -0.240. The van der Waals surface area contributed by atoms with E-state index in [2.05, 4.69) is 16.9 Å². The Morgan fingerprint density at radius 2 is 2.19 bits per heavy atom. The Balaban J connectivity index is 2.11. The zero-order valence-electron chi connectivity index (χ0n) is 12.2. The van der Waals surface area contributed by atoms with Crippen molar-refractivity contribution in [3.63, 3.8) is 0 Å². The lowest BCUT2D eigenvalue weighted by Crippen LogP contribution is -2.41. The van der Waals surface area contributed by atoms with Crippen molar-refractivity contribution >= 4 is 22.9 Å². The van der Waals surface area contributed by atoms with Crippen LogP contribution in [0.3, 0.4) is 0 Å². The predicted molar refractivity (Wildman–Crippen MR) is 83.2 cm³/mol. The van der Waals surface area contributed by atoms with Crippen molar-refractivity contribution in [2.75, 3.05) is 6.54 Å². The summed E-state index contributed by atoms with van der Waals surface area (Å²) in [4.78, 5) is 20.9. The number of aromatic nitrogens is 2. The lowest BCUT2D eigenvalue weighted by atomic mass is 10.1. The van der Waals surface area contributed by atoms with Crippen LogP contribution in [-0.2, 0) is 0 Å². The summed E-state index contributed by atoms with van der Waals surface area (Å²) < 4.78 is 0. The maximum absolute atomic E-state index is 12.5. The van der Waals surface area contributed by atoms with Crippen molar-refractivity contribution < 1.29 is 4.79 Å². The highest BCUT2D eigenvalue weighted by molar-refractivity contribution is 6.05. The van der Waals surface area contributed by atoms with Gasteiger partial charge in [0, 0.05) is 12.1 Å². The highest BCUT2D eigenvalue weighted by Crippen LogP contribution is 2.14. The van der Waals surface area contributed by atoms with Gasteiger partial charge in [0.1, 0.15) is 0 Å². The Hall–Kier alpha value is -2.37. The highest BCUT2D eigenvalue weighted by Gasteiger charge is 2.18. The van der Waals surface area contributed by atoms with Gasteiger partial charge in [0.2, 0.25) is 0 Å². The second kappa shape index (κ2) is 6.88. The first-order valence-corrected chi connectivity index (χ1v) is 7.22. The molecule has 0 saturated heterocycles. The van der Waals surface area contributed by atoms with E-state index in [1.54, 1.807) is 24.5 Å². The van der Waals surface area contributed by atoms with Gasteiger partial charge in [0.25, 0.3) is 5.91 Å². The number of nitrogens with zero attached hydrogens (tertiary/aromatic N) is 2. The van der Waals surface area contributed by atoms with Crippen molar-refractivity contribution in [1.29, 1.82) is 5.41 Å². The van der Waals surface area contributed by atoms with Crippen LogP contribution in [0.15, 0.2) is 24.5 Å². The van der Waals surface area contributed by atoms with Gasteiger partial charge >= 0.3 is 0 Å². The fraction of sp³-hybridized carbons (Fsp3) is 0.400. The van der Waals surface area contributed by atoms with E-state index in [0.29, 0.717) is 12.1 Å². The summed E-state index contributed by atoms with van der Waals surface area (Å²) in [7, 11) is 0. The average Bonchev–Trinajstić information content (AvgIpc) is 2.93. The average molecular weight is 287 g/mol. The normalized spacial score (nSPS) is 10.7. The number of nitrogens with two attached hydrogens (primary N) is 1. The lowest BCUT2D eigenvalue weighted by Gasteiger charge is -2.20. The maximum atomic E-state index is 12.5. The van der Waals surface area contributed by atoms with Gasteiger partial charge in [-0.15, -0.1) is 0 Å². The number of nitrogens with one attached hydrogen (secondary N) is 2. The summed E-state index contributed by atoms with van der Waals surface area (Å²) >= 11 is 0. The van der Waals surface area contributed by atoms with Crippen molar-refractivity contribution in [3.8, 4) is 0 Å². The Bertz CT molecular complexity index is 634. The molecule has 6 nitrogen and oxygen atoms in total. The fourth-order valence-electron chi connectivity index (χ4n) is 2.25. The number of aromatic amines is 1. The molecule has 6 heteroatoms. The molecule has 0 unspecified atom stereocenters. The minimum absolute atomic E-state index is 0.207. The number of carbonyl (C=O) groups is 1. The van der Waals surface area contributed by atoms with Crippen molar-refractivity contribution in [3.05, 3.63) is 30.1 Å². The fourth-order valence-corrected chi connectivity index (χ4v) is 2.25. The second-order valence-corrected chi connectivity index (χ2v) is 5.04. The van der Waals surface area contributed by atoms with Gasteiger partial charge in [-0.3, -0.25) is 15.1 Å². The number of benzene rings is 1. The molecule has 2 aromatic rings. The monoisotopic (exact) mass is 287 g/mol. The molecule has 21 heavy (non-hydrogen) atoms. The molecule has 0 aliphatic carbocycles. The molecule has 0 fully saturated rings. The number of hydrogen-bond donors (Lipinski definition) is 3. The number of unbranched alkanes of at least 4 members (excludes halogenated alkanes) is 3. The first-order chi connectivity index (χ1) is 10.1. The Kier molecular flexibility index (Phi) is 4.92. The standard InChI is InChI=1S/C15H21N5O/c1-2-3-4-5-8-20(15(16)17)14(21)11-6-7-12-13(9-11)19-10-18-12/h6-7,9-10H,2-5,8H2,1H3,(H3,16,17)(H,18,19). The summed E-state index contributed by atoms with van der Waals surface area (Å²) in [6.45, 7) is 2.61. The molecule has 0 aliphatic heterocycles. The van der Waals surface area contributed by atoms with Gasteiger partial charge in [-0.05, 0) is 24.6 Å². The highest BCUT2D eigenvalue weighted by atomic mass is 16.2. The number of H-pyrrole nitrogens is 1. The Morgan fingerprint density at radius 1 is 1.38 bits per heavy atom. The first kappa shape index (κ1) is 15.0. The van der Waals surface area contributed by atoms with Gasteiger partial charge in [0.15, 0.2) is 5.96 Å². The molecule has 0 bridgehead atoms. The molecule has 1 aromatic heterocycles. The largest absolute Gasteiger partial charge is 0.370 e. The summed E-state index contributed by atoms with van der Waals surface area (Å²) in [5.74, 6) is -0.447. The molecule has 0 saturated carbocycles. The molecule has 2 rings (SSSR count). The van der Waals surface area contributed by atoms with E-state index in [-0.39, 0.29) is 11.9 Å². The zero-order valence-corrected chi connectivity index (χ0v) is 12.2. The summed E-state index contributed by atoms with van der Waals surface area (Å²) in [6.07, 6.45) is 5.73. The van der Waals surface area contributed by atoms with Gasteiger partial charge in [-0.2, -0.15) is 0 Å². The van der Waals surface area contributed by atoms with Gasteiger partial charge in [-0.1, -0.05) is 26.2 Å². The summed E-state index contributed by atoms with van der Waals surface area (Å²) in [5.41, 5.74) is 7.67. The number of imidazole rings is 1. The number of guanidine groups is 1. The molecule has 0 aliphatic rings. The quantitative estimate of drug-likeness (QED) is 0.432. The SMILES string of the molecule is CCCCCCN(C(=N)N)C(=O)c1ccc2nc[nH]c2c1. The van der Waals surface area contributed by atoms with Crippen molar-refractivity contribution in [2.24, 2.45) is 5.73 Å². The maximum Gasteiger partial charge on any atom is 0.260 e. The third kappa shape index (κ3) is 3.59. The van der Waals surface area contributed by atoms with Gasteiger partial charge < -0.3 is 10.7 Å². The molecule has 0 atom stereocenters. The van der Waals surface area contributed by atoms with Gasteiger partial charge in [0.05, 0.1) is 17.4 Å². The molecular weight excluding hydrogens is 266 g/mol. The van der Waals surface area contributed by atoms with E-state index in [1.165, 1.54) is 4.90 Å². The van der Waals surface area contributed by atoms with E-state index in [9.17, 15) is 4.79 Å². The molecule has 0 spiro atoms. The van der Waals surface area contributed by atoms with Crippen LogP contribution < -0.4 is 5.73 Å². The molecule has 4 N–H and O–H groups in total. The van der Waals surface area contributed by atoms with E-state index in [0.717, 1.165) is 36.7 Å². The predicted octanol–water partition coefficient (Wildman–Crippen LogP) is 2.48. The Morgan fingerprint density at radius 3 is 2.90 bits per heavy atom. The summed E-state index contributed by atoms with van der Waals surface area (Å²) in [6, 6.07) is 5.24. The molecule has 1 heterocycles. The van der Waals surface area contributed by atoms with Crippen LogP contribution >= 0.6 is 0 Å². The molecule has 1 amide bonds. The lowest BCUT2D eigenvalue weighted by molar-refractivity contribution is 0.0843. The van der Waals surface area contributed by atoms with Crippen LogP contribution in [0.2, 0.25) is 0 Å². The zero-order chi connectivity index (χ0) is 15.2. The Labute approximate surface area is 123 Å². The number of amides is 1. The third-order valence-corrected chi connectivity index (χ3v) is 3.44. The first-order valence-electron chi connectivity index (χ1n) is 7.22. The van der Waals surface area contributed by atoms with E-state index < -0.39 is 0 Å².